The van der Waals surface area contributed by atoms with Gasteiger partial charge in [-0.05, 0) is 94.0 Å². The van der Waals surface area contributed by atoms with E-state index in [4.69, 9.17) is 9.72 Å². The molecule has 7 nitrogen and oxygen atoms in total. The highest BCUT2D eigenvalue weighted by atomic mass is 32.2. The molecule has 1 aliphatic rings. The van der Waals surface area contributed by atoms with Crippen molar-refractivity contribution >= 4 is 46.0 Å². The molecule has 1 aromatic heterocycles. The van der Waals surface area contributed by atoms with Gasteiger partial charge >= 0.3 is 5.97 Å². The largest absolute Gasteiger partial charge is 0.459 e. The van der Waals surface area contributed by atoms with E-state index in [1.54, 1.807) is 11.8 Å². The number of hydrogen-bond acceptors (Lipinski definition) is 6. The summed E-state index contributed by atoms with van der Waals surface area (Å²) in [7, 11) is 0. The number of fused-ring (bicyclic) bond motifs is 1. The first-order valence-corrected chi connectivity index (χ1v) is 18.3. The highest BCUT2D eigenvalue weighted by Crippen LogP contribution is 2.32. The number of amides is 1. The van der Waals surface area contributed by atoms with Crippen molar-refractivity contribution in [3.05, 3.63) is 120 Å². The maximum atomic E-state index is 14.7. The molecule has 0 bridgehead atoms. The van der Waals surface area contributed by atoms with Crippen molar-refractivity contribution in [3.8, 4) is 0 Å². The van der Waals surface area contributed by atoms with Gasteiger partial charge < -0.3 is 19.1 Å². The lowest BCUT2D eigenvalue weighted by molar-refractivity contribution is -0.155. The molecule has 254 valence electrons. The van der Waals surface area contributed by atoms with Gasteiger partial charge in [-0.25, -0.2) is 4.98 Å². The number of anilines is 2. The van der Waals surface area contributed by atoms with Crippen molar-refractivity contribution in [2.24, 2.45) is 0 Å². The molecule has 0 N–H and O–H groups in total. The van der Waals surface area contributed by atoms with Crippen LogP contribution in [0.1, 0.15) is 63.5 Å². The summed E-state index contributed by atoms with van der Waals surface area (Å²) >= 11 is 1.60. The summed E-state index contributed by atoms with van der Waals surface area (Å²) < 4.78 is 7.59. The van der Waals surface area contributed by atoms with Gasteiger partial charge in [0.1, 0.15) is 12.1 Å². The van der Waals surface area contributed by atoms with E-state index in [-0.39, 0.29) is 18.4 Å². The quantitative estimate of drug-likeness (QED) is 0.0750. The molecule has 5 aromatic rings. The number of nitrogens with zero attached hydrogens (tertiary/aromatic N) is 4. The number of rotatable bonds is 12. The molecule has 2 heterocycles. The third kappa shape index (κ3) is 8.73. The lowest BCUT2D eigenvalue weighted by atomic mass is 9.89. The lowest BCUT2D eigenvalue weighted by Gasteiger charge is -2.31. The van der Waals surface area contributed by atoms with Crippen LogP contribution in [0.25, 0.3) is 11.0 Å². The number of esters is 1. The van der Waals surface area contributed by atoms with Gasteiger partial charge in [-0.1, -0.05) is 84.6 Å². The summed E-state index contributed by atoms with van der Waals surface area (Å²) in [6.45, 7) is 8.40. The van der Waals surface area contributed by atoms with Crippen LogP contribution in [0.15, 0.2) is 114 Å². The third-order valence-corrected chi connectivity index (χ3v) is 9.81. The third-order valence-electron chi connectivity index (χ3n) is 8.75. The van der Waals surface area contributed by atoms with Crippen molar-refractivity contribution in [3.63, 3.8) is 0 Å². The molecule has 49 heavy (non-hydrogen) atoms. The highest BCUT2D eigenvalue weighted by Gasteiger charge is 2.29. The first-order chi connectivity index (χ1) is 23.8. The zero-order valence-electron chi connectivity index (χ0n) is 28.8. The van der Waals surface area contributed by atoms with Crippen molar-refractivity contribution in [1.82, 2.24) is 9.55 Å². The van der Waals surface area contributed by atoms with Crippen LogP contribution in [0.5, 0.6) is 0 Å². The number of para-hydroxylation sites is 2. The van der Waals surface area contributed by atoms with Crippen molar-refractivity contribution < 1.29 is 14.3 Å². The summed E-state index contributed by atoms with van der Waals surface area (Å²) in [5.41, 5.74) is 5.21. The van der Waals surface area contributed by atoms with Gasteiger partial charge in [-0.3, -0.25) is 9.59 Å². The number of carbonyl (C=O) groups is 2. The minimum absolute atomic E-state index is 0.0466. The summed E-state index contributed by atoms with van der Waals surface area (Å²) in [4.78, 5) is 36.9. The van der Waals surface area contributed by atoms with Crippen LogP contribution in [-0.2, 0) is 20.9 Å². The second-order valence-corrected chi connectivity index (χ2v) is 14.6. The highest BCUT2D eigenvalue weighted by molar-refractivity contribution is 7.99. The Kier molecular flexibility index (Phi) is 11.0. The molecule has 8 heteroatoms. The van der Waals surface area contributed by atoms with E-state index < -0.39 is 11.5 Å². The fourth-order valence-corrected chi connectivity index (χ4v) is 7.43. The smallest absolute Gasteiger partial charge is 0.326 e. The second kappa shape index (κ2) is 15.8. The predicted octanol–water partition coefficient (Wildman–Crippen LogP) is 8.72. The van der Waals surface area contributed by atoms with E-state index in [0.717, 1.165) is 52.5 Å². The molecule has 0 saturated carbocycles. The Balaban J connectivity index is 1.24. The average molecular weight is 675 g/mol. The van der Waals surface area contributed by atoms with Crippen LogP contribution >= 0.6 is 11.8 Å². The Bertz CT molecular complexity index is 1790. The SMILES string of the molecule is CC(C)(C)OC(=O)Cn1c(SCCCN(C(=O)C(c2ccccc2)c2ccccc2)c2ccc(N3CCCCC3)cc2)nc2ccccc21. The van der Waals surface area contributed by atoms with E-state index in [1.165, 1.54) is 24.9 Å². The van der Waals surface area contributed by atoms with Crippen LogP contribution in [0.4, 0.5) is 11.4 Å². The fourth-order valence-electron chi connectivity index (χ4n) is 6.49. The molecule has 6 rings (SSSR count). The van der Waals surface area contributed by atoms with Gasteiger partial charge in [0.2, 0.25) is 5.91 Å². The Labute approximate surface area is 294 Å². The molecule has 1 saturated heterocycles. The molecule has 0 unspecified atom stereocenters. The summed E-state index contributed by atoms with van der Waals surface area (Å²) in [6.07, 6.45) is 4.44. The van der Waals surface area contributed by atoms with Gasteiger partial charge in [0.15, 0.2) is 5.16 Å². The Morgan fingerprint density at radius 1 is 0.816 bits per heavy atom. The second-order valence-electron chi connectivity index (χ2n) is 13.6. The van der Waals surface area contributed by atoms with Crippen LogP contribution in [0.3, 0.4) is 0 Å². The molecule has 4 aromatic carbocycles. The number of piperidine rings is 1. The van der Waals surface area contributed by atoms with E-state index >= 15 is 0 Å². The van der Waals surface area contributed by atoms with Crippen molar-refractivity contribution in [2.45, 2.75) is 69.7 Å². The number of ether oxygens (including phenoxy) is 1. The Hall–Kier alpha value is -4.56. The lowest BCUT2D eigenvalue weighted by Crippen LogP contribution is -2.37. The van der Waals surface area contributed by atoms with E-state index in [2.05, 4.69) is 29.2 Å². The van der Waals surface area contributed by atoms with Gasteiger partial charge in [0.05, 0.1) is 17.0 Å². The van der Waals surface area contributed by atoms with E-state index in [9.17, 15) is 9.59 Å². The normalized spacial score (nSPS) is 13.5. The molecular weight excluding hydrogens is 629 g/mol. The van der Waals surface area contributed by atoms with E-state index in [1.807, 2.05) is 115 Å². The molecule has 1 fully saturated rings. The van der Waals surface area contributed by atoms with Crippen LogP contribution in [-0.4, -0.2) is 52.4 Å². The molecular formula is C41H46N4O3S. The van der Waals surface area contributed by atoms with Crippen LogP contribution in [0, 0.1) is 0 Å². The van der Waals surface area contributed by atoms with Crippen LogP contribution < -0.4 is 9.80 Å². The maximum absolute atomic E-state index is 14.7. The zero-order valence-corrected chi connectivity index (χ0v) is 29.6. The summed E-state index contributed by atoms with van der Waals surface area (Å²) in [5, 5.41) is 0.766. The predicted molar refractivity (Wildman–Crippen MR) is 201 cm³/mol. The maximum Gasteiger partial charge on any atom is 0.326 e. The minimum Gasteiger partial charge on any atom is -0.459 e. The molecule has 0 aliphatic carbocycles. The number of thioether (sulfide) groups is 1. The topological polar surface area (TPSA) is 67.7 Å². The van der Waals surface area contributed by atoms with Gasteiger partial charge in [-0.15, -0.1) is 0 Å². The van der Waals surface area contributed by atoms with E-state index in [0.29, 0.717) is 12.3 Å². The van der Waals surface area contributed by atoms with Crippen LogP contribution in [0.2, 0.25) is 0 Å². The molecule has 0 radical (unpaired) electrons. The Morgan fingerprint density at radius 2 is 1.43 bits per heavy atom. The summed E-state index contributed by atoms with van der Waals surface area (Å²) in [6, 6.07) is 36.5. The molecule has 0 spiro atoms. The average Bonchev–Trinajstić information content (AvgIpc) is 3.45. The number of benzene rings is 4. The number of carbonyl (C=O) groups excluding carboxylic acids is 2. The number of imidazole rings is 1. The monoisotopic (exact) mass is 674 g/mol. The Morgan fingerprint density at radius 3 is 2.06 bits per heavy atom. The molecule has 0 atom stereocenters. The zero-order chi connectivity index (χ0) is 34.2. The number of aromatic nitrogens is 2. The first-order valence-electron chi connectivity index (χ1n) is 17.3. The first kappa shape index (κ1) is 34.3. The summed E-state index contributed by atoms with van der Waals surface area (Å²) in [5.74, 6) is 0.0320. The standard InChI is InChI=1S/C41H46N4O3S/c1-41(2,3)48-37(46)30-45-36-21-12-11-20-35(36)42-40(45)49-29-15-28-44(34-24-22-33(23-25-34)43-26-13-6-14-27-43)39(47)38(31-16-7-4-8-17-31)32-18-9-5-10-19-32/h4-5,7-12,16-25,38H,6,13-15,26-30H2,1-3H3. The van der Waals surface area contributed by atoms with Gasteiger partial charge in [0, 0.05) is 36.8 Å². The molecule has 1 amide bonds. The van der Waals surface area contributed by atoms with Crippen molar-refractivity contribution in [2.75, 3.05) is 35.2 Å². The molecule has 1 aliphatic heterocycles. The fraction of sp³-hybridized carbons (Fsp3) is 0.341. The van der Waals surface area contributed by atoms with Gasteiger partial charge in [0.25, 0.3) is 0 Å². The minimum atomic E-state index is -0.569. The van der Waals surface area contributed by atoms with Crippen molar-refractivity contribution in [1.29, 1.82) is 0 Å². The number of hydrogen-bond donors (Lipinski definition) is 0. The van der Waals surface area contributed by atoms with Gasteiger partial charge in [-0.2, -0.15) is 0 Å².